The zero-order valence-corrected chi connectivity index (χ0v) is 15.8. The van der Waals surface area contributed by atoms with Crippen LogP contribution in [0.2, 0.25) is 0 Å². The first-order chi connectivity index (χ1) is 12.4. The predicted octanol–water partition coefficient (Wildman–Crippen LogP) is 5.73. The predicted molar refractivity (Wildman–Crippen MR) is 104 cm³/mol. The number of nitrogens with zero attached hydrogens (tertiary/aromatic N) is 3. The number of benzene rings is 1. The Morgan fingerprint density at radius 3 is 2.54 bits per heavy atom. The Kier molecular flexibility index (Phi) is 3.83. The van der Waals surface area contributed by atoms with Gasteiger partial charge in [-0.2, -0.15) is 0 Å². The Labute approximate surface area is 152 Å². The second-order valence-electron chi connectivity index (χ2n) is 7.44. The summed E-state index contributed by atoms with van der Waals surface area (Å²) in [6.45, 7) is 10.3. The van der Waals surface area contributed by atoms with Crippen LogP contribution in [-0.4, -0.2) is 19.5 Å². The molecule has 0 bridgehead atoms. The molecule has 0 amide bonds. The SMILES string of the molecule is Cc1nc2c(F)cc(-c3c[nH]c4nc(C(C)C)ccc34)cc2n1C(C)C. The fraction of sp³-hybridized carbons (Fsp3) is 0.333. The molecule has 0 aliphatic rings. The first kappa shape index (κ1) is 16.8. The molecule has 0 spiro atoms. The first-order valence-corrected chi connectivity index (χ1v) is 9.03. The summed E-state index contributed by atoms with van der Waals surface area (Å²) in [5.74, 6) is 0.901. The van der Waals surface area contributed by atoms with Crippen LogP contribution in [0.25, 0.3) is 33.2 Å². The number of aromatic amines is 1. The third-order valence-electron chi connectivity index (χ3n) is 4.90. The van der Waals surface area contributed by atoms with Gasteiger partial charge < -0.3 is 9.55 Å². The number of rotatable bonds is 3. The first-order valence-electron chi connectivity index (χ1n) is 9.03. The van der Waals surface area contributed by atoms with E-state index in [1.807, 2.05) is 25.3 Å². The number of nitrogens with one attached hydrogen (secondary N) is 1. The lowest BCUT2D eigenvalue weighted by Crippen LogP contribution is -2.02. The number of fused-ring (bicyclic) bond motifs is 2. The summed E-state index contributed by atoms with van der Waals surface area (Å²) in [5.41, 5.74) is 4.93. The van der Waals surface area contributed by atoms with E-state index in [-0.39, 0.29) is 11.9 Å². The lowest BCUT2D eigenvalue weighted by Gasteiger charge is -2.11. The Bertz CT molecular complexity index is 1120. The summed E-state index contributed by atoms with van der Waals surface area (Å²) in [7, 11) is 0. The van der Waals surface area contributed by atoms with E-state index in [2.05, 4.69) is 53.3 Å². The summed E-state index contributed by atoms with van der Waals surface area (Å²) >= 11 is 0. The highest BCUT2D eigenvalue weighted by Crippen LogP contribution is 2.33. The summed E-state index contributed by atoms with van der Waals surface area (Å²) in [5, 5.41) is 1.00. The molecule has 0 saturated carbocycles. The fourth-order valence-electron chi connectivity index (χ4n) is 3.66. The third-order valence-corrected chi connectivity index (χ3v) is 4.90. The van der Waals surface area contributed by atoms with E-state index < -0.39 is 0 Å². The number of halogens is 1. The highest BCUT2D eigenvalue weighted by Gasteiger charge is 2.17. The monoisotopic (exact) mass is 350 g/mol. The molecule has 3 heterocycles. The molecular formula is C21H23FN4. The Morgan fingerprint density at radius 1 is 1.08 bits per heavy atom. The van der Waals surface area contributed by atoms with Gasteiger partial charge in [0.15, 0.2) is 5.82 Å². The number of hydrogen-bond donors (Lipinski definition) is 1. The number of imidazole rings is 1. The van der Waals surface area contributed by atoms with Gasteiger partial charge >= 0.3 is 0 Å². The normalized spacial score (nSPS) is 12.2. The lowest BCUT2D eigenvalue weighted by atomic mass is 10.0. The summed E-state index contributed by atoms with van der Waals surface area (Å²) in [4.78, 5) is 12.3. The lowest BCUT2D eigenvalue weighted by molar-refractivity contribution is 0.600. The summed E-state index contributed by atoms with van der Waals surface area (Å²) in [6.07, 6.45) is 1.91. The fourth-order valence-corrected chi connectivity index (χ4v) is 3.66. The van der Waals surface area contributed by atoms with Crippen molar-refractivity contribution in [3.63, 3.8) is 0 Å². The van der Waals surface area contributed by atoms with Gasteiger partial charge in [-0.3, -0.25) is 0 Å². The van der Waals surface area contributed by atoms with Crippen LogP contribution < -0.4 is 0 Å². The standard InChI is InChI=1S/C21H23FN4/c1-11(2)18-7-6-15-16(10-23-21(15)25-18)14-8-17(22)20-19(9-14)26(12(3)4)13(5)24-20/h6-12H,1-5H3,(H,23,25). The van der Waals surface area contributed by atoms with Crippen molar-refractivity contribution in [1.29, 1.82) is 0 Å². The molecule has 0 saturated heterocycles. The minimum atomic E-state index is -0.291. The molecule has 4 nitrogen and oxygen atoms in total. The molecule has 0 aliphatic heterocycles. The Balaban J connectivity index is 1.94. The van der Waals surface area contributed by atoms with Crippen LogP contribution in [0.1, 0.15) is 51.2 Å². The average molecular weight is 350 g/mol. The maximum atomic E-state index is 14.8. The molecule has 0 atom stereocenters. The number of aromatic nitrogens is 4. The van der Waals surface area contributed by atoms with Crippen LogP contribution in [0.15, 0.2) is 30.5 Å². The molecule has 4 rings (SSSR count). The number of H-pyrrole nitrogens is 1. The van der Waals surface area contributed by atoms with Crippen LogP contribution >= 0.6 is 0 Å². The van der Waals surface area contributed by atoms with Gasteiger partial charge in [-0.05, 0) is 56.5 Å². The van der Waals surface area contributed by atoms with E-state index in [0.29, 0.717) is 11.4 Å². The molecule has 0 aliphatic carbocycles. The van der Waals surface area contributed by atoms with Crippen molar-refractivity contribution < 1.29 is 4.39 Å². The van der Waals surface area contributed by atoms with Gasteiger partial charge in [0.25, 0.3) is 0 Å². The van der Waals surface area contributed by atoms with Crippen molar-refractivity contribution in [3.05, 3.63) is 47.8 Å². The molecule has 3 aromatic heterocycles. The quantitative estimate of drug-likeness (QED) is 0.513. The van der Waals surface area contributed by atoms with Gasteiger partial charge in [0, 0.05) is 28.9 Å². The van der Waals surface area contributed by atoms with Crippen LogP contribution in [0.3, 0.4) is 0 Å². The van der Waals surface area contributed by atoms with Crippen molar-refractivity contribution in [2.24, 2.45) is 0 Å². The molecule has 1 N–H and O–H groups in total. The van der Waals surface area contributed by atoms with Crippen LogP contribution in [-0.2, 0) is 0 Å². The van der Waals surface area contributed by atoms with E-state index in [1.165, 1.54) is 0 Å². The van der Waals surface area contributed by atoms with Crippen LogP contribution in [0.5, 0.6) is 0 Å². The van der Waals surface area contributed by atoms with Gasteiger partial charge in [-0.15, -0.1) is 0 Å². The second kappa shape index (κ2) is 5.94. The zero-order valence-electron chi connectivity index (χ0n) is 15.8. The van der Waals surface area contributed by atoms with Gasteiger partial charge in [0.1, 0.15) is 17.0 Å². The summed E-state index contributed by atoms with van der Waals surface area (Å²) < 4.78 is 16.8. The molecule has 26 heavy (non-hydrogen) atoms. The maximum absolute atomic E-state index is 14.8. The van der Waals surface area contributed by atoms with Crippen LogP contribution in [0, 0.1) is 12.7 Å². The van der Waals surface area contributed by atoms with Gasteiger partial charge in [0.05, 0.1) is 5.52 Å². The molecule has 0 radical (unpaired) electrons. The summed E-state index contributed by atoms with van der Waals surface area (Å²) in [6, 6.07) is 7.92. The number of pyridine rings is 1. The van der Waals surface area contributed by atoms with Crippen molar-refractivity contribution in [2.75, 3.05) is 0 Å². The van der Waals surface area contributed by atoms with Gasteiger partial charge in [-0.1, -0.05) is 13.8 Å². The van der Waals surface area contributed by atoms with E-state index in [4.69, 9.17) is 0 Å². The van der Waals surface area contributed by atoms with E-state index in [9.17, 15) is 4.39 Å². The molecule has 4 aromatic rings. The van der Waals surface area contributed by atoms with E-state index in [1.54, 1.807) is 6.07 Å². The third kappa shape index (κ3) is 2.50. The molecular weight excluding hydrogens is 327 g/mol. The van der Waals surface area contributed by atoms with E-state index in [0.717, 1.165) is 39.2 Å². The number of aryl methyl sites for hydroxylation is 1. The Morgan fingerprint density at radius 2 is 1.85 bits per heavy atom. The second-order valence-corrected chi connectivity index (χ2v) is 7.44. The molecule has 1 aromatic carbocycles. The van der Waals surface area contributed by atoms with Crippen molar-refractivity contribution in [1.82, 2.24) is 19.5 Å². The molecule has 0 unspecified atom stereocenters. The minimum absolute atomic E-state index is 0.216. The zero-order chi connectivity index (χ0) is 18.6. The average Bonchev–Trinajstić information content (AvgIpc) is 3.14. The van der Waals surface area contributed by atoms with Crippen LogP contribution in [0.4, 0.5) is 4.39 Å². The van der Waals surface area contributed by atoms with Gasteiger partial charge in [0.2, 0.25) is 0 Å². The largest absolute Gasteiger partial charge is 0.346 e. The van der Waals surface area contributed by atoms with Gasteiger partial charge in [-0.25, -0.2) is 14.4 Å². The van der Waals surface area contributed by atoms with Crippen molar-refractivity contribution in [3.8, 4) is 11.1 Å². The number of hydrogen-bond acceptors (Lipinski definition) is 2. The Hall–Kier alpha value is -2.69. The van der Waals surface area contributed by atoms with E-state index >= 15 is 0 Å². The topological polar surface area (TPSA) is 46.5 Å². The highest BCUT2D eigenvalue weighted by atomic mass is 19.1. The van der Waals surface area contributed by atoms with Crippen molar-refractivity contribution in [2.45, 2.75) is 46.6 Å². The molecule has 134 valence electrons. The van der Waals surface area contributed by atoms with Crippen molar-refractivity contribution >= 4 is 22.1 Å². The highest BCUT2D eigenvalue weighted by molar-refractivity contribution is 5.96. The molecule has 5 heteroatoms. The maximum Gasteiger partial charge on any atom is 0.151 e. The smallest absolute Gasteiger partial charge is 0.151 e. The molecule has 0 fully saturated rings. The minimum Gasteiger partial charge on any atom is -0.346 e.